The van der Waals surface area contributed by atoms with Crippen molar-refractivity contribution >= 4 is 40.3 Å². The fraction of sp³-hybridized carbons (Fsp3) is 0.320. The van der Waals surface area contributed by atoms with Gasteiger partial charge in [-0.2, -0.15) is 0 Å². The normalized spacial score (nSPS) is 21.7. The minimum atomic E-state index is -1.37. The van der Waals surface area contributed by atoms with E-state index in [-0.39, 0.29) is 5.41 Å². The number of ether oxygens (including phenoxy) is 1. The van der Waals surface area contributed by atoms with E-state index in [4.69, 9.17) is 26.5 Å². The lowest BCUT2D eigenvalue weighted by molar-refractivity contribution is 0.0000479. The van der Waals surface area contributed by atoms with E-state index in [1.165, 1.54) is 11.8 Å². The van der Waals surface area contributed by atoms with Gasteiger partial charge >= 0.3 is 0 Å². The summed E-state index contributed by atoms with van der Waals surface area (Å²) in [6.07, 6.45) is 3.68. The number of para-hydroxylation sites is 2. The summed E-state index contributed by atoms with van der Waals surface area (Å²) < 4.78 is 24.9. The Morgan fingerprint density at radius 3 is 2.63 bits per heavy atom. The van der Waals surface area contributed by atoms with Gasteiger partial charge < -0.3 is 19.8 Å². The number of rotatable bonds is 4. The third kappa shape index (κ3) is 4.16. The second-order valence-electron chi connectivity index (χ2n) is 8.96. The number of alkyl halides is 1. The topological polar surface area (TPSA) is 90.3 Å². The summed E-state index contributed by atoms with van der Waals surface area (Å²) >= 11 is 8.16. The number of piperidine rings is 1. The largest absolute Gasteiger partial charge is 0.436 e. The molecule has 0 bridgehead atoms. The SMILES string of the molecule is N[C@@H]1[C@H](F)OCC12CCN(c1cnc(Sc3cccc(-c4nc5ccccc5o4)c3Cl)cn1)CC2. The zero-order valence-electron chi connectivity index (χ0n) is 18.7. The average molecular weight is 512 g/mol. The summed E-state index contributed by atoms with van der Waals surface area (Å²) in [6, 6.07) is 12.8. The molecule has 0 saturated carbocycles. The molecule has 2 fully saturated rings. The molecule has 4 heterocycles. The van der Waals surface area contributed by atoms with Crippen molar-refractivity contribution < 1.29 is 13.5 Å². The number of nitrogens with zero attached hydrogens (tertiary/aromatic N) is 4. The smallest absolute Gasteiger partial charge is 0.228 e. The van der Waals surface area contributed by atoms with Gasteiger partial charge in [0.2, 0.25) is 12.2 Å². The van der Waals surface area contributed by atoms with Gasteiger partial charge in [0, 0.05) is 23.4 Å². The summed E-state index contributed by atoms with van der Waals surface area (Å²) in [6.45, 7) is 1.86. The Bertz CT molecular complexity index is 1330. The summed E-state index contributed by atoms with van der Waals surface area (Å²) in [5.41, 5.74) is 8.02. The molecule has 2 N–H and O–H groups in total. The number of aromatic nitrogens is 3. The summed E-state index contributed by atoms with van der Waals surface area (Å²) in [4.78, 5) is 16.8. The van der Waals surface area contributed by atoms with Gasteiger partial charge in [0.15, 0.2) is 5.58 Å². The third-order valence-electron chi connectivity index (χ3n) is 6.92. The Hall–Kier alpha value is -2.72. The molecule has 1 spiro atoms. The lowest BCUT2D eigenvalue weighted by Crippen LogP contribution is -2.50. The van der Waals surface area contributed by atoms with Crippen LogP contribution in [-0.4, -0.2) is 47.0 Å². The molecule has 6 rings (SSSR count). The Morgan fingerprint density at radius 2 is 1.91 bits per heavy atom. The first-order valence-corrected chi connectivity index (χ1v) is 12.6. The fourth-order valence-electron chi connectivity index (χ4n) is 4.76. The molecule has 35 heavy (non-hydrogen) atoms. The Morgan fingerprint density at radius 1 is 1.09 bits per heavy atom. The number of oxazole rings is 1. The lowest BCUT2D eigenvalue weighted by Gasteiger charge is -2.41. The van der Waals surface area contributed by atoms with E-state index in [1.54, 1.807) is 12.4 Å². The van der Waals surface area contributed by atoms with E-state index in [0.29, 0.717) is 23.1 Å². The van der Waals surface area contributed by atoms with E-state index in [1.807, 2.05) is 42.5 Å². The number of halogens is 2. The Kier molecular flexibility index (Phi) is 5.88. The summed E-state index contributed by atoms with van der Waals surface area (Å²) in [5.74, 6) is 1.27. The highest BCUT2D eigenvalue weighted by Crippen LogP contribution is 2.42. The number of benzene rings is 2. The van der Waals surface area contributed by atoms with Crippen LogP contribution >= 0.6 is 23.4 Å². The van der Waals surface area contributed by atoms with Gasteiger partial charge in [0.25, 0.3) is 0 Å². The standard InChI is InChI=1S/C25H23ClFN5O2S/c26-21-15(24-31-16-5-1-2-6-17(16)34-24)4-3-7-18(21)35-20-13-29-19(12-30-20)32-10-8-25(9-11-32)14-33-23(27)22(25)28/h1-7,12-13,22-23H,8-11,14,28H2/t22-,23-/m1/s1. The van der Waals surface area contributed by atoms with Gasteiger partial charge in [0.1, 0.15) is 16.4 Å². The van der Waals surface area contributed by atoms with E-state index >= 15 is 0 Å². The molecule has 2 aromatic heterocycles. The number of nitrogens with two attached hydrogens (primary N) is 1. The Labute approximate surface area is 210 Å². The first-order chi connectivity index (χ1) is 17.0. The van der Waals surface area contributed by atoms with Crippen LogP contribution in [0.4, 0.5) is 10.2 Å². The summed E-state index contributed by atoms with van der Waals surface area (Å²) in [7, 11) is 0. The van der Waals surface area contributed by atoms with Gasteiger partial charge in [-0.1, -0.05) is 41.6 Å². The highest BCUT2D eigenvalue weighted by molar-refractivity contribution is 7.99. The van der Waals surface area contributed by atoms with Crippen LogP contribution in [0.15, 0.2) is 69.2 Å². The first-order valence-electron chi connectivity index (χ1n) is 11.4. The molecule has 2 aromatic carbocycles. The molecule has 2 aliphatic heterocycles. The molecular weight excluding hydrogens is 489 g/mol. The van der Waals surface area contributed by atoms with Gasteiger partial charge in [-0.3, -0.25) is 0 Å². The molecule has 2 atom stereocenters. The van der Waals surface area contributed by atoms with Crippen molar-refractivity contribution in [2.45, 2.75) is 35.2 Å². The van der Waals surface area contributed by atoms with Crippen LogP contribution in [0.1, 0.15) is 12.8 Å². The quantitative estimate of drug-likeness (QED) is 0.393. The molecule has 0 radical (unpaired) electrons. The van der Waals surface area contributed by atoms with E-state index < -0.39 is 12.4 Å². The van der Waals surface area contributed by atoms with Crippen molar-refractivity contribution in [3.05, 3.63) is 59.9 Å². The lowest BCUT2D eigenvalue weighted by atomic mass is 9.75. The Balaban J connectivity index is 1.16. The van der Waals surface area contributed by atoms with Crippen LogP contribution in [0, 0.1) is 5.41 Å². The molecule has 2 aliphatic rings. The van der Waals surface area contributed by atoms with Gasteiger partial charge in [-0.25, -0.2) is 19.3 Å². The summed E-state index contributed by atoms with van der Waals surface area (Å²) in [5, 5.41) is 1.28. The first kappa shape index (κ1) is 22.7. The van der Waals surface area contributed by atoms with Crippen LogP contribution in [0.25, 0.3) is 22.6 Å². The van der Waals surface area contributed by atoms with Crippen LogP contribution < -0.4 is 10.6 Å². The maximum Gasteiger partial charge on any atom is 0.228 e. The van der Waals surface area contributed by atoms with Crippen molar-refractivity contribution in [1.29, 1.82) is 0 Å². The zero-order valence-corrected chi connectivity index (χ0v) is 20.3. The third-order valence-corrected chi connectivity index (χ3v) is 8.42. The van der Waals surface area contributed by atoms with Crippen LogP contribution in [0.3, 0.4) is 0 Å². The zero-order chi connectivity index (χ0) is 24.0. The molecule has 4 aromatic rings. The van der Waals surface area contributed by atoms with Crippen LogP contribution in [0.5, 0.6) is 0 Å². The molecule has 180 valence electrons. The van der Waals surface area contributed by atoms with Crippen molar-refractivity contribution in [2.24, 2.45) is 11.1 Å². The predicted octanol–water partition coefficient (Wildman–Crippen LogP) is 5.33. The molecular formula is C25H23ClFN5O2S. The van der Waals surface area contributed by atoms with Crippen molar-refractivity contribution in [1.82, 2.24) is 15.0 Å². The minimum Gasteiger partial charge on any atom is -0.436 e. The predicted molar refractivity (Wildman–Crippen MR) is 133 cm³/mol. The van der Waals surface area contributed by atoms with Crippen molar-refractivity contribution in [2.75, 3.05) is 24.6 Å². The highest BCUT2D eigenvalue weighted by Gasteiger charge is 2.49. The van der Waals surface area contributed by atoms with E-state index in [9.17, 15) is 4.39 Å². The maximum atomic E-state index is 13.8. The number of hydrogen-bond acceptors (Lipinski definition) is 8. The van der Waals surface area contributed by atoms with Gasteiger partial charge in [-0.05, 0) is 37.1 Å². The maximum absolute atomic E-state index is 13.8. The van der Waals surface area contributed by atoms with Gasteiger partial charge in [0.05, 0.1) is 35.6 Å². The average Bonchev–Trinajstić information content (AvgIpc) is 3.43. The number of hydrogen-bond donors (Lipinski definition) is 1. The highest BCUT2D eigenvalue weighted by atomic mass is 35.5. The molecule has 10 heteroatoms. The van der Waals surface area contributed by atoms with E-state index in [2.05, 4.69) is 19.9 Å². The van der Waals surface area contributed by atoms with Crippen molar-refractivity contribution in [3.63, 3.8) is 0 Å². The van der Waals surface area contributed by atoms with Crippen LogP contribution in [0.2, 0.25) is 5.02 Å². The fourth-order valence-corrected chi connectivity index (χ4v) is 5.87. The van der Waals surface area contributed by atoms with Crippen LogP contribution in [-0.2, 0) is 4.74 Å². The van der Waals surface area contributed by atoms with Gasteiger partial charge in [-0.15, -0.1) is 0 Å². The molecule has 0 unspecified atom stereocenters. The number of fused-ring (bicyclic) bond motifs is 1. The molecule has 0 amide bonds. The molecule has 2 saturated heterocycles. The number of anilines is 1. The van der Waals surface area contributed by atoms with Crippen molar-refractivity contribution in [3.8, 4) is 11.5 Å². The van der Waals surface area contributed by atoms with E-state index in [0.717, 1.165) is 52.8 Å². The second kappa shape index (κ2) is 9.05. The minimum absolute atomic E-state index is 0.282. The monoisotopic (exact) mass is 511 g/mol. The molecule has 7 nitrogen and oxygen atoms in total. The second-order valence-corrected chi connectivity index (χ2v) is 10.4. The molecule has 0 aliphatic carbocycles.